The molecule has 0 amide bonds. The summed E-state index contributed by atoms with van der Waals surface area (Å²) >= 11 is 0. The van der Waals surface area contributed by atoms with Crippen LogP contribution >= 0.6 is 0 Å². The fourth-order valence-corrected chi connectivity index (χ4v) is 3.98. The third kappa shape index (κ3) is 5.81. The van der Waals surface area contributed by atoms with Crippen LogP contribution in [-0.4, -0.2) is 20.8 Å². The van der Waals surface area contributed by atoms with Crippen molar-refractivity contribution in [2.24, 2.45) is 5.41 Å². The largest absolute Gasteiger partial charge is 0.392 e. The lowest BCUT2D eigenvalue weighted by Crippen LogP contribution is -2.35. The zero-order chi connectivity index (χ0) is 24.9. The summed E-state index contributed by atoms with van der Waals surface area (Å²) in [5, 5.41) is 20.1. The van der Waals surface area contributed by atoms with E-state index in [4.69, 9.17) is 4.98 Å². The summed E-state index contributed by atoms with van der Waals surface area (Å²) < 4.78 is 1.77. The van der Waals surface area contributed by atoms with Crippen LogP contribution in [0.3, 0.4) is 0 Å². The second-order valence-electron chi connectivity index (χ2n) is 10.0. The molecular weight excluding hydrogens is 422 g/mol. The van der Waals surface area contributed by atoms with Crippen LogP contribution in [0.1, 0.15) is 68.7 Å². The first-order chi connectivity index (χ1) is 16.2. The molecule has 0 aliphatic rings. The van der Waals surface area contributed by atoms with E-state index >= 15 is 0 Å². The van der Waals surface area contributed by atoms with Crippen molar-refractivity contribution in [1.29, 1.82) is 5.26 Å². The molecule has 3 rings (SSSR count). The Hall–Kier alpha value is -3.23. The number of rotatable bonds is 8. The first kappa shape index (κ1) is 25.4. The number of hydrogen-bond donors (Lipinski definition) is 1. The number of unbranched alkanes of at least 4 members (excludes halogenated alkanes) is 1. The number of aromatic nitrogens is 2. The van der Waals surface area contributed by atoms with Crippen LogP contribution in [0, 0.1) is 23.7 Å². The van der Waals surface area contributed by atoms with Gasteiger partial charge in [0.1, 0.15) is 5.82 Å². The molecule has 0 saturated heterocycles. The van der Waals surface area contributed by atoms with E-state index in [9.17, 15) is 15.2 Å². The lowest BCUT2D eigenvalue weighted by molar-refractivity contribution is 0.0630. The molecule has 0 fully saturated rings. The van der Waals surface area contributed by atoms with Gasteiger partial charge in [-0.05, 0) is 41.5 Å². The fraction of sp³-hybridized carbons (Fsp3) is 0.414. The fourth-order valence-electron chi connectivity index (χ4n) is 3.98. The maximum absolute atomic E-state index is 13.6. The van der Waals surface area contributed by atoms with Gasteiger partial charge in [0.05, 0.1) is 24.3 Å². The van der Waals surface area contributed by atoms with Gasteiger partial charge in [0.2, 0.25) is 0 Å². The molecule has 1 N–H and O–H groups in total. The average molecular weight is 458 g/mol. The molecule has 0 spiro atoms. The summed E-state index contributed by atoms with van der Waals surface area (Å²) in [6, 6.07) is 17.8. The van der Waals surface area contributed by atoms with Gasteiger partial charge in [-0.2, -0.15) is 5.26 Å². The van der Waals surface area contributed by atoms with Crippen molar-refractivity contribution in [3.8, 4) is 17.2 Å². The SMILES string of the molecule is CCCCc1nc(C)c(CC(O)C(C)(C)C)c(=O)n1Cc1ccc(-c2ccccc2C#N)cc1. The highest BCUT2D eigenvalue weighted by Crippen LogP contribution is 2.25. The van der Waals surface area contributed by atoms with Crippen molar-refractivity contribution in [1.82, 2.24) is 9.55 Å². The number of nitriles is 1. The van der Waals surface area contributed by atoms with Crippen LogP contribution < -0.4 is 5.56 Å². The van der Waals surface area contributed by atoms with Gasteiger partial charge in [0.25, 0.3) is 5.56 Å². The summed E-state index contributed by atoms with van der Waals surface area (Å²) in [6.45, 7) is 10.3. The molecule has 5 nitrogen and oxygen atoms in total. The molecule has 0 aliphatic carbocycles. The molecule has 1 heterocycles. The molecular formula is C29H35N3O2. The van der Waals surface area contributed by atoms with E-state index in [0.29, 0.717) is 29.8 Å². The normalized spacial score (nSPS) is 12.4. The first-order valence-corrected chi connectivity index (χ1v) is 12.0. The van der Waals surface area contributed by atoms with E-state index in [1.54, 1.807) is 4.57 Å². The Balaban J connectivity index is 1.98. The van der Waals surface area contributed by atoms with E-state index in [1.165, 1.54) is 0 Å². The smallest absolute Gasteiger partial charge is 0.257 e. The lowest BCUT2D eigenvalue weighted by atomic mass is 9.85. The van der Waals surface area contributed by atoms with Gasteiger partial charge in [-0.25, -0.2) is 4.98 Å². The molecule has 178 valence electrons. The van der Waals surface area contributed by atoms with Crippen molar-refractivity contribution in [2.75, 3.05) is 0 Å². The molecule has 0 radical (unpaired) electrons. The zero-order valence-electron chi connectivity index (χ0n) is 20.9. The van der Waals surface area contributed by atoms with Crippen LogP contribution in [0.2, 0.25) is 0 Å². The van der Waals surface area contributed by atoms with Gasteiger partial charge in [0, 0.05) is 24.1 Å². The average Bonchev–Trinajstić information content (AvgIpc) is 2.82. The summed E-state index contributed by atoms with van der Waals surface area (Å²) in [4.78, 5) is 18.4. The summed E-state index contributed by atoms with van der Waals surface area (Å²) in [6.07, 6.45) is 2.38. The van der Waals surface area contributed by atoms with Crippen molar-refractivity contribution < 1.29 is 5.11 Å². The van der Waals surface area contributed by atoms with Crippen LogP contribution in [0.5, 0.6) is 0 Å². The molecule has 5 heteroatoms. The standard InChI is InChI=1S/C29H35N3O2/c1-6-7-12-27-31-20(2)25(17-26(33)29(3,4)5)28(34)32(27)19-21-13-15-22(16-14-21)24-11-9-8-10-23(24)18-30/h8-11,13-16,26,33H,6-7,12,17,19H2,1-5H3. The Morgan fingerprint density at radius 1 is 1.12 bits per heavy atom. The van der Waals surface area contributed by atoms with Gasteiger partial charge in [-0.3, -0.25) is 9.36 Å². The molecule has 1 unspecified atom stereocenters. The summed E-state index contributed by atoms with van der Waals surface area (Å²) in [5.74, 6) is 0.789. The summed E-state index contributed by atoms with van der Waals surface area (Å²) in [7, 11) is 0. The highest BCUT2D eigenvalue weighted by molar-refractivity contribution is 5.70. The molecule has 0 saturated carbocycles. The molecule has 2 aromatic carbocycles. The van der Waals surface area contributed by atoms with E-state index in [0.717, 1.165) is 41.8 Å². The maximum Gasteiger partial charge on any atom is 0.257 e. The first-order valence-electron chi connectivity index (χ1n) is 12.0. The highest BCUT2D eigenvalue weighted by Gasteiger charge is 2.25. The Bertz CT molecular complexity index is 1230. The highest BCUT2D eigenvalue weighted by atomic mass is 16.3. The maximum atomic E-state index is 13.6. The molecule has 34 heavy (non-hydrogen) atoms. The number of aliphatic hydroxyl groups is 1. The third-order valence-corrected chi connectivity index (χ3v) is 6.35. The molecule has 3 aromatic rings. The molecule has 1 aromatic heterocycles. The minimum Gasteiger partial charge on any atom is -0.392 e. The third-order valence-electron chi connectivity index (χ3n) is 6.35. The van der Waals surface area contributed by atoms with Gasteiger partial charge < -0.3 is 5.11 Å². The van der Waals surface area contributed by atoms with Crippen molar-refractivity contribution in [3.05, 3.63) is 87.1 Å². The molecule has 0 aliphatic heterocycles. The zero-order valence-corrected chi connectivity index (χ0v) is 20.9. The van der Waals surface area contributed by atoms with Gasteiger partial charge in [-0.1, -0.05) is 76.6 Å². The topological polar surface area (TPSA) is 78.9 Å². The van der Waals surface area contributed by atoms with Crippen LogP contribution in [-0.2, 0) is 19.4 Å². The minimum atomic E-state index is -0.630. The number of hydrogen-bond acceptors (Lipinski definition) is 4. The molecule has 1 atom stereocenters. The molecule has 0 bridgehead atoms. The Morgan fingerprint density at radius 3 is 2.41 bits per heavy atom. The summed E-state index contributed by atoms with van der Waals surface area (Å²) in [5.41, 5.74) is 4.40. The second kappa shape index (κ2) is 10.8. The predicted octanol–water partition coefficient (Wildman–Crippen LogP) is 5.43. The van der Waals surface area contributed by atoms with Gasteiger partial charge in [-0.15, -0.1) is 0 Å². The van der Waals surface area contributed by atoms with E-state index in [1.807, 2.05) is 76.2 Å². The van der Waals surface area contributed by atoms with Gasteiger partial charge >= 0.3 is 0 Å². The van der Waals surface area contributed by atoms with Crippen LogP contribution in [0.25, 0.3) is 11.1 Å². The number of aryl methyl sites for hydroxylation is 2. The van der Waals surface area contributed by atoms with E-state index in [2.05, 4.69) is 13.0 Å². The second-order valence-corrected chi connectivity index (χ2v) is 10.0. The quantitative estimate of drug-likeness (QED) is 0.489. The predicted molar refractivity (Wildman–Crippen MR) is 137 cm³/mol. The van der Waals surface area contributed by atoms with Crippen molar-refractivity contribution in [2.45, 2.75) is 73.0 Å². The Morgan fingerprint density at radius 2 is 1.79 bits per heavy atom. The number of nitrogens with zero attached hydrogens (tertiary/aromatic N) is 3. The lowest BCUT2D eigenvalue weighted by Gasteiger charge is -2.26. The van der Waals surface area contributed by atoms with Crippen LogP contribution in [0.4, 0.5) is 0 Å². The monoisotopic (exact) mass is 457 g/mol. The van der Waals surface area contributed by atoms with Crippen molar-refractivity contribution in [3.63, 3.8) is 0 Å². The number of aliphatic hydroxyl groups excluding tert-OH is 1. The van der Waals surface area contributed by atoms with Crippen molar-refractivity contribution >= 4 is 0 Å². The van der Waals surface area contributed by atoms with E-state index in [-0.39, 0.29) is 11.0 Å². The van der Waals surface area contributed by atoms with E-state index < -0.39 is 6.10 Å². The Labute approximate surface area is 202 Å². The number of benzene rings is 2. The minimum absolute atomic E-state index is 0.0687. The Kier molecular flexibility index (Phi) is 8.06. The van der Waals surface area contributed by atoms with Crippen LogP contribution in [0.15, 0.2) is 53.3 Å². The van der Waals surface area contributed by atoms with Gasteiger partial charge in [0.15, 0.2) is 0 Å².